The summed E-state index contributed by atoms with van der Waals surface area (Å²) in [6.07, 6.45) is 2.59. The number of aryl methyl sites for hydroxylation is 1. The van der Waals surface area contributed by atoms with Crippen LogP contribution in [0.25, 0.3) is 0 Å². The van der Waals surface area contributed by atoms with Crippen LogP contribution >= 0.6 is 0 Å². The summed E-state index contributed by atoms with van der Waals surface area (Å²) in [5.41, 5.74) is 3.41. The van der Waals surface area contributed by atoms with Crippen molar-refractivity contribution in [2.75, 3.05) is 0 Å². The van der Waals surface area contributed by atoms with Crippen molar-refractivity contribution >= 4 is 0 Å². The van der Waals surface area contributed by atoms with E-state index in [1.807, 2.05) is 19.9 Å². The quantitative estimate of drug-likeness (QED) is 0.673. The summed E-state index contributed by atoms with van der Waals surface area (Å²) in [5.74, 6) is 1.22. The highest BCUT2D eigenvalue weighted by molar-refractivity contribution is 5.46. The molecule has 1 aliphatic rings. The molecule has 0 heterocycles. The van der Waals surface area contributed by atoms with Crippen LogP contribution in [0.2, 0.25) is 0 Å². The predicted octanol–water partition coefficient (Wildman–Crippen LogP) is 2.89. The van der Waals surface area contributed by atoms with Gasteiger partial charge in [-0.3, -0.25) is 0 Å². The van der Waals surface area contributed by atoms with E-state index in [-0.39, 0.29) is 0 Å². The molecule has 1 aromatic carbocycles. The van der Waals surface area contributed by atoms with Crippen molar-refractivity contribution in [1.29, 1.82) is 0 Å². The first-order valence-corrected chi connectivity index (χ1v) is 4.49. The molecule has 0 aliphatic heterocycles. The van der Waals surface area contributed by atoms with E-state index in [0.717, 1.165) is 17.0 Å². The molecule has 0 aromatic heterocycles. The first-order valence-electron chi connectivity index (χ1n) is 4.49. The lowest BCUT2D eigenvalue weighted by Crippen LogP contribution is -1.88. The molecular formula is C11H14O. The molecule has 0 unspecified atom stereocenters. The van der Waals surface area contributed by atoms with E-state index >= 15 is 0 Å². The number of phenolic OH excluding ortho intramolecular Hbond substituents is 1. The maximum atomic E-state index is 9.66. The molecule has 1 saturated carbocycles. The molecule has 0 atom stereocenters. The van der Waals surface area contributed by atoms with E-state index in [4.69, 9.17) is 0 Å². The van der Waals surface area contributed by atoms with Gasteiger partial charge in [-0.25, -0.2) is 0 Å². The second-order valence-electron chi connectivity index (χ2n) is 3.72. The van der Waals surface area contributed by atoms with Gasteiger partial charge in [-0.15, -0.1) is 0 Å². The first-order chi connectivity index (χ1) is 5.70. The van der Waals surface area contributed by atoms with Crippen molar-refractivity contribution in [2.24, 2.45) is 0 Å². The van der Waals surface area contributed by atoms with E-state index in [1.54, 1.807) is 0 Å². The van der Waals surface area contributed by atoms with Crippen molar-refractivity contribution in [1.82, 2.24) is 0 Å². The van der Waals surface area contributed by atoms with E-state index in [1.165, 1.54) is 18.4 Å². The normalized spacial score (nSPS) is 16.5. The zero-order valence-corrected chi connectivity index (χ0v) is 7.59. The number of hydrogen-bond donors (Lipinski definition) is 1. The van der Waals surface area contributed by atoms with Crippen molar-refractivity contribution in [3.63, 3.8) is 0 Å². The highest BCUT2D eigenvalue weighted by Gasteiger charge is 2.25. The Bertz CT molecular complexity index is 311. The summed E-state index contributed by atoms with van der Waals surface area (Å²) in [4.78, 5) is 0. The summed E-state index contributed by atoms with van der Waals surface area (Å²) in [6.45, 7) is 3.95. The van der Waals surface area contributed by atoms with E-state index in [9.17, 15) is 5.11 Å². The van der Waals surface area contributed by atoms with Gasteiger partial charge < -0.3 is 5.11 Å². The van der Waals surface area contributed by atoms with Crippen LogP contribution in [0.3, 0.4) is 0 Å². The molecule has 1 heteroatoms. The Morgan fingerprint density at radius 2 is 1.92 bits per heavy atom. The molecule has 1 nitrogen and oxygen atoms in total. The fraction of sp³-hybridized carbons (Fsp3) is 0.455. The predicted molar refractivity (Wildman–Crippen MR) is 49.6 cm³/mol. The van der Waals surface area contributed by atoms with Crippen LogP contribution in [-0.4, -0.2) is 5.11 Å². The molecule has 64 valence electrons. The largest absolute Gasteiger partial charge is 0.507 e. The van der Waals surface area contributed by atoms with Gasteiger partial charge >= 0.3 is 0 Å². The summed E-state index contributed by atoms with van der Waals surface area (Å²) in [6, 6.07) is 4.16. The second-order valence-corrected chi connectivity index (χ2v) is 3.72. The highest BCUT2D eigenvalue weighted by atomic mass is 16.3. The fourth-order valence-electron chi connectivity index (χ4n) is 1.69. The average Bonchev–Trinajstić information content (AvgIpc) is 2.84. The molecular weight excluding hydrogens is 148 g/mol. The van der Waals surface area contributed by atoms with Gasteiger partial charge in [-0.2, -0.15) is 0 Å². The maximum absolute atomic E-state index is 9.66. The third-order valence-corrected chi connectivity index (χ3v) is 2.69. The van der Waals surface area contributed by atoms with Gasteiger partial charge in [0.1, 0.15) is 5.75 Å². The van der Waals surface area contributed by atoms with Gasteiger partial charge in [0.15, 0.2) is 0 Å². The van der Waals surface area contributed by atoms with Gasteiger partial charge in [0.05, 0.1) is 0 Å². The van der Waals surface area contributed by atoms with Gasteiger partial charge in [0, 0.05) is 0 Å². The minimum Gasteiger partial charge on any atom is -0.507 e. The van der Waals surface area contributed by atoms with Crippen LogP contribution in [-0.2, 0) is 0 Å². The number of benzene rings is 1. The minimum absolute atomic E-state index is 0.486. The molecule has 2 rings (SSSR count). The molecule has 12 heavy (non-hydrogen) atoms. The van der Waals surface area contributed by atoms with Gasteiger partial charge in [-0.1, -0.05) is 12.1 Å². The van der Waals surface area contributed by atoms with Crippen LogP contribution in [0.15, 0.2) is 12.1 Å². The van der Waals surface area contributed by atoms with Gasteiger partial charge in [0.2, 0.25) is 0 Å². The van der Waals surface area contributed by atoms with Crippen LogP contribution in [0, 0.1) is 13.8 Å². The molecule has 0 amide bonds. The minimum atomic E-state index is 0.486. The van der Waals surface area contributed by atoms with E-state index < -0.39 is 0 Å². The molecule has 0 spiro atoms. The first kappa shape index (κ1) is 7.66. The summed E-state index contributed by atoms with van der Waals surface area (Å²) in [5, 5.41) is 9.66. The monoisotopic (exact) mass is 162 g/mol. The summed E-state index contributed by atoms with van der Waals surface area (Å²) in [7, 11) is 0. The van der Waals surface area contributed by atoms with Crippen LogP contribution in [0.1, 0.15) is 35.4 Å². The van der Waals surface area contributed by atoms with E-state index in [0.29, 0.717) is 5.75 Å². The zero-order valence-electron chi connectivity index (χ0n) is 7.59. The van der Waals surface area contributed by atoms with Gasteiger partial charge in [-0.05, 0) is 49.3 Å². The number of hydrogen-bond acceptors (Lipinski definition) is 1. The standard InChI is InChI=1S/C11H14O/c1-7-3-6-10(9-4-5-9)8(2)11(7)12/h3,6,9,12H,4-5H2,1-2H3. The van der Waals surface area contributed by atoms with Crippen LogP contribution < -0.4 is 0 Å². The lowest BCUT2D eigenvalue weighted by Gasteiger charge is -2.08. The Hall–Kier alpha value is -0.980. The Morgan fingerprint density at radius 1 is 1.25 bits per heavy atom. The Labute approximate surface area is 73.0 Å². The van der Waals surface area contributed by atoms with E-state index in [2.05, 4.69) is 6.07 Å². The topological polar surface area (TPSA) is 20.2 Å². The Balaban J connectivity index is 2.49. The number of rotatable bonds is 1. The maximum Gasteiger partial charge on any atom is 0.121 e. The van der Waals surface area contributed by atoms with Crippen molar-refractivity contribution in [3.8, 4) is 5.75 Å². The number of phenols is 1. The number of aromatic hydroxyl groups is 1. The van der Waals surface area contributed by atoms with Crippen molar-refractivity contribution < 1.29 is 5.11 Å². The third-order valence-electron chi connectivity index (χ3n) is 2.69. The van der Waals surface area contributed by atoms with Gasteiger partial charge in [0.25, 0.3) is 0 Å². The van der Waals surface area contributed by atoms with Crippen LogP contribution in [0.5, 0.6) is 5.75 Å². The Kier molecular flexibility index (Phi) is 1.60. The molecule has 0 saturated heterocycles. The van der Waals surface area contributed by atoms with Crippen molar-refractivity contribution in [2.45, 2.75) is 32.6 Å². The lowest BCUT2D eigenvalue weighted by atomic mass is 10.0. The lowest BCUT2D eigenvalue weighted by molar-refractivity contribution is 0.466. The van der Waals surface area contributed by atoms with Crippen LogP contribution in [0.4, 0.5) is 0 Å². The fourth-order valence-corrected chi connectivity index (χ4v) is 1.69. The zero-order chi connectivity index (χ0) is 8.72. The molecule has 0 radical (unpaired) electrons. The SMILES string of the molecule is Cc1ccc(C2CC2)c(C)c1O. The smallest absolute Gasteiger partial charge is 0.121 e. The molecule has 1 aromatic rings. The third kappa shape index (κ3) is 1.09. The Morgan fingerprint density at radius 3 is 2.50 bits per heavy atom. The molecule has 1 N–H and O–H groups in total. The molecule has 1 aliphatic carbocycles. The molecule has 1 fully saturated rings. The highest BCUT2D eigenvalue weighted by Crippen LogP contribution is 2.43. The summed E-state index contributed by atoms with van der Waals surface area (Å²) < 4.78 is 0. The average molecular weight is 162 g/mol. The summed E-state index contributed by atoms with van der Waals surface area (Å²) >= 11 is 0. The van der Waals surface area contributed by atoms with Crippen molar-refractivity contribution in [3.05, 3.63) is 28.8 Å². The second kappa shape index (κ2) is 2.51. The molecule has 0 bridgehead atoms.